The van der Waals surface area contributed by atoms with Crippen molar-refractivity contribution in [1.82, 2.24) is 10.2 Å². The summed E-state index contributed by atoms with van der Waals surface area (Å²) in [4.78, 5) is 38.0. The van der Waals surface area contributed by atoms with E-state index in [1.165, 1.54) is 4.90 Å². The van der Waals surface area contributed by atoms with Crippen LogP contribution in [0.25, 0.3) is 0 Å². The highest BCUT2D eigenvalue weighted by Crippen LogP contribution is 2.31. The number of carbonyl (C=O) groups excluding carboxylic acids is 3. The summed E-state index contributed by atoms with van der Waals surface area (Å²) >= 11 is 3.36. The first kappa shape index (κ1) is 14.0. The average Bonchev–Trinajstić information content (AvgIpc) is 2.94. The van der Waals surface area contributed by atoms with Gasteiger partial charge in [-0.3, -0.25) is 19.8 Å². The van der Waals surface area contributed by atoms with Crippen LogP contribution in [0.4, 0.5) is 4.79 Å². The molecule has 0 aromatic heterocycles. The molecule has 21 heavy (non-hydrogen) atoms. The first-order valence-electron chi connectivity index (χ1n) is 6.67. The fourth-order valence-corrected chi connectivity index (χ4v) is 3.25. The van der Waals surface area contributed by atoms with E-state index in [1.54, 1.807) is 18.2 Å². The van der Waals surface area contributed by atoms with E-state index in [0.29, 0.717) is 22.9 Å². The second-order valence-electron chi connectivity index (χ2n) is 5.05. The van der Waals surface area contributed by atoms with Gasteiger partial charge >= 0.3 is 6.03 Å². The van der Waals surface area contributed by atoms with Crippen LogP contribution in [-0.4, -0.2) is 28.8 Å². The highest BCUT2D eigenvalue weighted by atomic mass is 79.9. The molecule has 1 aliphatic carbocycles. The third-order valence-corrected chi connectivity index (χ3v) is 4.48. The van der Waals surface area contributed by atoms with Gasteiger partial charge in [0.05, 0.1) is 0 Å². The van der Waals surface area contributed by atoms with Crippen molar-refractivity contribution in [2.24, 2.45) is 0 Å². The first-order chi connectivity index (χ1) is 10.1. The standard InChI is InChI=1S/C15H13BrN2O3/c16-11-8-4-3-7-10(11)12-13(19)17-15(21)18(14(12)20)9-5-1-2-6-9/h1-4,7-9,12H,5-6H2,(H,17,19,21). The van der Waals surface area contributed by atoms with E-state index >= 15 is 0 Å². The molecular weight excluding hydrogens is 336 g/mol. The van der Waals surface area contributed by atoms with Crippen LogP contribution in [-0.2, 0) is 9.59 Å². The molecular formula is C15H13BrN2O3. The molecule has 1 unspecified atom stereocenters. The molecule has 1 heterocycles. The Balaban J connectivity index is 1.97. The van der Waals surface area contributed by atoms with E-state index < -0.39 is 23.8 Å². The summed E-state index contributed by atoms with van der Waals surface area (Å²) < 4.78 is 0.678. The summed E-state index contributed by atoms with van der Waals surface area (Å²) in [6.07, 6.45) is 5.15. The van der Waals surface area contributed by atoms with Gasteiger partial charge in [0, 0.05) is 10.5 Å². The molecule has 1 aliphatic heterocycles. The van der Waals surface area contributed by atoms with Gasteiger partial charge in [0.25, 0.3) is 0 Å². The normalized spacial score (nSPS) is 22.8. The van der Waals surface area contributed by atoms with Crippen molar-refractivity contribution >= 4 is 33.8 Å². The molecule has 0 bridgehead atoms. The van der Waals surface area contributed by atoms with Crippen molar-refractivity contribution in [2.75, 3.05) is 0 Å². The molecule has 0 radical (unpaired) electrons. The van der Waals surface area contributed by atoms with E-state index in [4.69, 9.17) is 0 Å². The lowest BCUT2D eigenvalue weighted by molar-refractivity contribution is -0.140. The molecule has 1 saturated heterocycles. The number of hydrogen-bond donors (Lipinski definition) is 1. The van der Waals surface area contributed by atoms with Crippen LogP contribution in [0.2, 0.25) is 0 Å². The van der Waals surface area contributed by atoms with E-state index in [-0.39, 0.29) is 6.04 Å². The van der Waals surface area contributed by atoms with E-state index in [1.807, 2.05) is 18.2 Å². The van der Waals surface area contributed by atoms with Gasteiger partial charge in [-0.1, -0.05) is 46.3 Å². The molecule has 0 spiro atoms. The minimum atomic E-state index is -0.987. The van der Waals surface area contributed by atoms with Gasteiger partial charge < -0.3 is 0 Å². The van der Waals surface area contributed by atoms with Crippen LogP contribution in [0.5, 0.6) is 0 Å². The summed E-state index contributed by atoms with van der Waals surface area (Å²) in [5, 5.41) is 2.29. The third kappa shape index (κ3) is 2.40. The number of carbonyl (C=O) groups is 3. The highest BCUT2D eigenvalue weighted by molar-refractivity contribution is 9.10. The Morgan fingerprint density at radius 1 is 1.10 bits per heavy atom. The second-order valence-corrected chi connectivity index (χ2v) is 5.91. The van der Waals surface area contributed by atoms with Crippen molar-refractivity contribution in [2.45, 2.75) is 24.8 Å². The highest BCUT2D eigenvalue weighted by Gasteiger charge is 2.44. The zero-order valence-corrected chi connectivity index (χ0v) is 12.7. The minimum Gasteiger partial charge on any atom is -0.277 e. The van der Waals surface area contributed by atoms with Crippen LogP contribution in [0.15, 0.2) is 40.9 Å². The molecule has 1 fully saturated rings. The van der Waals surface area contributed by atoms with Gasteiger partial charge in [-0.15, -0.1) is 0 Å². The largest absolute Gasteiger partial charge is 0.331 e. The predicted molar refractivity (Wildman–Crippen MR) is 79.4 cm³/mol. The van der Waals surface area contributed by atoms with Gasteiger partial charge in [-0.2, -0.15) is 0 Å². The monoisotopic (exact) mass is 348 g/mol. The number of hydrogen-bond acceptors (Lipinski definition) is 3. The van der Waals surface area contributed by atoms with Crippen molar-refractivity contribution in [3.05, 3.63) is 46.5 Å². The molecule has 4 amide bonds. The van der Waals surface area contributed by atoms with Crippen LogP contribution in [0, 0.1) is 0 Å². The summed E-state index contributed by atoms with van der Waals surface area (Å²) in [6.45, 7) is 0. The minimum absolute atomic E-state index is 0.199. The van der Waals surface area contributed by atoms with E-state index in [2.05, 4.69) is 21.2 Å². The van der Waals surface area contributed by atoms with Gasteiger partial charge in [-0.05, 0) is 24.5 Å². The molecule has 6 heteroatoms. The summed E-state index contributed by atoms with van der Waals surface area (Å²) in [7, 11) is 0. The molecule has 1 atom stereocenters. The maximum absolute atomic E-state index is 12.7. The Kier molecular flexibility index (Phi) is 3.63. The number of imide groups is 2. The van der Waals surface area contributed by atoms with Gasteiger partial charge in [-0.25, -0.2) is 4.79 Å². The molecule has 1 aromatic rings. The molecule has 5 nitrogen and oxygen atoms in total. The number of benzene rings is 1. The number of rotatable bonds is 2. The number of amides is 4. The second kappa shape index (κ2) is 5.44. The fraction of sp³-hybridized carbons (Fsp3) is 0.267. The quantitative estimate of drug-likeness (QED) is 0.658. The van der Waals surface area contributed by atoms with Crippen LogP contribution >= 0.6 is 15.9 Å². The molecule has 108 valence electrons. The number of halogens is 1. The van der Waals surface area contributed by atoms with Crippen molar-refractivity contribution < 1.29 is 14.4 Å². The van der Waals surface area contributed by atoms with Crippen LogP contribution < -0.4 is 5.32 Å². The molecule has 0 saturated carbocycles. The van der Waals surface area contributed by atoms with Crippen LogP contribution in [0.1, 0.15) is 24.3 Å². The number of barbiturate groups is 1. The zero-order chi connectivity index (χ0) is 15.0. The lowest BCUT2D eigenvalue weighted by atomic mass is 9.94. The number of nitrogens with zero attached hydrogens (tertiary/aromatic N) is 1. The van der Waals surface area contributed by atoms with E-state index in [0.717, 1.165) is 0 Å². The predicted octanol–water partition coefficient (Wildman–Crippen LogP) is 2.33. The van der Waals surface area contributed by atoms with Crippen molar-refractivity contribution in [3.63, 3.8) is 0 Å². The molecule has 1 N–H and O–H groups in total. The van der Waals surface area contributed by atoms with E-state index in [9.17, 15) is 14.4 Å². The Labute approximate surface area is 130 Å². The lowest BCUT2D eigenvalue weighted by Crippen LogP contribution is -2.59. The molecule has 3 rings (SSSR count). The fourth-order valence-electron chi connectivity index (χ4n) is 2.73. The Bertz CT molecular complexity index is 648. The third-order valence-electron chi connectivity index (χ3n) is 3.76. The van der Waals surface area contributed by atoms with Gasteiger partial charge in [0.1, 0.15) is 5.92 Å². The van der Waals surface area contributed by atoms with Gasteiger partial charge in [0.2, 0.25) is 11.8 Å². The van der Waals surface area contributed by atoms with Crippen molar-refractivity contribution in [3.8, 4) is 0 Å². The number of nitrogens with one attached hydrogen (secondary N) is 1. The summed E-state index contributed by atoms with van der Waals surface area (Å²) in [6, 6.07) is 6.24. The molecule has 1 aromatic carbocycles. The Morgan fingerprint density at radius 3 is 2.43 bits per heavy atom. The topological polar surface area (TPSA) is 66.5 Å². The molecule has 2 aliphatic rings. The average molecular weight is 349 g/mol. The summed E-state index contributed by atoms with van der Waals surface area (Å²) in [5.74, 6) is -2.01. The van der Waals surface area contributed by atoms with Gasteiger partial charge in [0.15, 0.2) is 0 Å². The summed E-state index contributed by atoms with van der Waals surface area (Å²) in [5.41, 5.74) is 0.573. The maximum Gasteiger partial charge on any atom is 0.331 e. The lowest BCUT2D eigenvalue weighted by Gasteiger charge is -2.34. The Hall–Kier alpha value is -1.95. The SMILES string of the molecule is O=C1NC(=O)N(C2CC=CC2)C(=O)C1c1ccccc1Br. The maximum atomic E-state index is 12.7. The smallest absolute Gasteiger partial charge is 0.277 e. The zero-order valence-electron chi connectivity index (χ0n) is 11.1. The number of urea groups is 1. The first-order valence-corrected chi connectivity index (χ1v) is 7.46. The van der Waals surface area contributed by atoms with Crippen molar-refractivity contribution in [1.29, 1.82) is 0 Å². The van der Waals surface area contributed by atoms with Crippen LogP contribution in [0.3, 0.4) is 0 Å². The Morgan fingerprint density at radius 2 is 1.76 bits per heavy atom.